The fraction of sp³-hybridized carbons (Fsp3) is 0.240. The van der Waals surface area contributed by atoms with Crippen LogP contribution in [0.2, 0.25) is 0 Å². The van der Waals surface area contributed by atoms with Crippen LogP contribution in [0.3, 0.4) is 0 Å². The Bertz CT molecular complexity index is 1070. The van der Waals surface area contributed by atoms with Gasteiger partial charge in [-0.25, -0.2) is 0 Å². The van der Waals surface area contributed by atoms with Gasteiger partial charge < -0.3 is 15.0 Å². The highest BCUT2D eigenvalue weighted by Crippen LogP contribution is 2.31. The van der Waals surface area contributed by atoms with Crippen molar-refractivity contribution in [2.24, 2.45) is 0 Å². The van der Waals surface area contributed by atoms with Crippen LogP contribution in [-0.2, 0) is 11.2 Å². The van der Waals surface area contributed by atoms with Crippen LogP contribution in [0.4, 0.5) is 11.4 Å². The second-order valence-corrected chi connectivity index (χ2v) is 7.69. The second-order valence-electron chi connectivity index (χ2n) is 7.69. The zero-order valence-electron chi connectivity index (χ0n) is 17.6. The first-order chi connectivity index (χ1) is 15.6. The van der Waals surface area contributed by atoms with Gasteiger partial charge in [0.15, 0.2) is 0 Å². The molecule has 7 heteroatoms. The van der Waals surface area contributed by atoms with E-state index in [1.54, 1.807) is 17.0 Å². The lowest BCUT2D eigenvalue weighted by molar-refractivity contribution is -0.384. The first kappa shape index (κ1) is 21.5. The van der Waals surface area contributed by atoms with Gasteiger partial charge in [0.2, 0.25) is 0 Å². The van der Waals surface area contributed by atoms with Crippen LogP contribution in [0.25, 0.3) is 0 Å². The Kier molecular flexibility index (Phi) is 6.77. The predicted molar refractivity (Wildman–Crippen MR) is 123 cm³/mol. The summed E-state index contributed by atoms with van der Waals surface area (Å²) in [6.45, 7) is 1.93. The molecule has 1 amide bonds. The molecule has 1 aliphatic heterocycles. The van der Waals surface area contributed by atoms with Crippen molar-refractivity contribution in [3.05, 3.63) is 106 Å². The normalized spacial score (nSPS) is 14.6. The minimum Gasteiger partial charge on any atom is -0.378 e. The van der Waals surface area contributed by atoms with E-state index in [-0.39, 0.29) is 17.6 Å². The molecule has 7 nitrogen and oxygen atoms in total. The molecule has 1 N–H and O–H groups in total. The zero-order valence-corrected chi connectivity index (χ0v) is 17.6. The standard InChI is InChI=1S/C25H25N3O4/c29-25(27-13-15-32-16-14-27)21-11-12-22(24(18-21)28(30)31)26-23(20-9-5-2-6-10-20)17-19-7-3-1-4-8-19/h1-12,18,23,26H,13-17H2/t23-/m1/s1. The van der Waals surface area contributed by atoms with Gasteiger partial charge in [0.25, 0.3) is 11.6 Å². The quantitative estimate of drug-likeness (QED) is 0.441. The predicted octanol–water partition coefficient (Wildman–Crippen LogP) is 4.46. The Morgan fingerprint density at radius 2 is 1.66 bits per heavy atom. The molecule has 1 aliphatic rings. The lowest BCUT2D eigenvalue weighted by Crippen LogP contribution is -2.40. The van der Waals surface area contributed by atoms with Crippen molar-refractivity contribution in [3.8, 4) is 0 Å². The van der Waals surface area contributed by atoms with Crippen molar-refractivity contribution in [1.82, 2.24) is 4.90 Å². The number of carbonyl (C=O) groups excluding carboxylic acids is 1. The Morgan fingerprint density at radius 3 is 2.31 bits per heavy atom. The van der Waals surface area contributed by atoms with Crippen LogP contribution in [0.1, 0.15) is 27.5 Å². The number of amides is 1. The Balaban J connectivity index is 1.62. The number of benzene rings is 3. The van der Waals surface area contributed by atoms with Gasteiger partial charge in [-0.05, 0) is 29.7 Å². The highest BCUT2D eigenvalue weighted by molar-refractivity contribution is 5.95. The molecule has 3 aromatic carbocycles. The van der Waals surface area contributed by atoms with E-state index in [1.165, 1.54) is 6.07 Å². The molecule has 0 saturated carbocycles. The molecule has 1 fully saturated rings. The van der Waals surface area contributed by atoms with E-state index >= 15 is 0 Å². The number of nitro groups is 1. The molecule has 32 heavy (non-hydrogen) atoms. The van der Waals surface area contributed by atoms with Gasteiger partial charge >= 0.3 is 0 Å². The maximum atomic E-state index is 12.8. The number of nitro benzene ring substituents is 1. The Labute approximate surface area is 186 Å². The summed E-state index contributed by atoms with van der Waals surface area (Å²) in [5, 5.41) is 15.2. The minimum absolute atomic E-state index is 0.113. The summed E-state index contributed by atoms with van der Waals surface area (Å²) in [5.41, 5.74) is 2.73. The average molecular weight is 431 g/mol. The number of hydrogen-bond acceptors (Lipinski definition) is 5. The van der Waals surface area contributed by atoms with E-state index in [0.717, 1.165) is 11.1 Å². The van der Waals surface area contributed by atoms with Crippen LogP contribution in [0.5, 0.6) is 0 Å². The van der Waals surface area contributed by atoms with Gasteiger partial charge in [-0.3, -0.25) is 14.9 Å². The third-order valence-corrected chi connectivity index (χ3v) is 5.55. The highest BCUT2D eigenvalue weighted by Gasteiger charge is 2.24. The van der Waals surface area contributed by atoms with E-state index in [4.69, 9.17) is 4.74 Å². The van der Waals surface area contributed by atoms with Crippen molar-refractivity contribution in [2.45, 2.75) is 12.5 Å². The van der Waals surface area contributed by atoms with E-state index in [1.807, 2.05) is 60.7 Å². The third-order valence-electron chi connectivity index (χ3n) is 5.55. The van der Waals surface area contributed by atoms with E-state index in [0.29, 0.717) is 44.0 Å². The molecule has 3 aromatic rings. The summed E-state index contributed by atoms with van der Waals surface area (Å²) in [6, 6.07) is 24.3. The lowest BCUT2D eigenvalue weighted by Gasteiger charge is -2.27. The molecule has 0 unspecified atom stereocenters. The summed E-state index contributed by atoms with van der Waals surface area (Å²) >= 11 is 0. The van der Waals surface area contributed by atoms with Crippen LogP contribution >= 0.6 is 0 Å². The highest BCUT2D eigenvalue weighted by atomic mass is 16.6. The van der Waals surface area contributed by atoms with Crippen molar-refractivity contribution in [3.63, 3.8) is 0 Å². The van der Waals surface area contributed by atoms with Gasteiger partial charge in [0.05, 0.1) is 24.2 Å². The van der Waals surface area contributed by atoms with Crippen molar-refractivity contribution in [2.75, 3.05) is 31.6 Å². The van der Waals surface area contributed by atoms with E-state index in [2.05, 4.69) is 5.32 Å². The van der Waals surface area contributed by atoms with E-state index < -0.39 is 4.92 Å². The number of ether oxygens (including phenoxy) is 1. The van der Waals surface area contributed by atoms with Gasteiger partial charge in [-0.1, -0.05) is 60.7 Å². The summed E-state index contributed by atoms with van der Waals surface area (Å²) in [6.07, 6.45) is 0.663. The van der Waals surface area contributed by atoms with Crippen LogP contribution < -0.4 is 5.32 Å². The molecule has 4 rings (SSSR count). The molecule has 1 atom stereocenters. The average Bonchev–Trinajstić information content (AvgIpc) is 2.85. The SMILES string of the molecule is O=C(c1ccc(N[C@H](Cc2ccccc2)c2ccccc2)c([N+](=O)[O-])c1)N1CCOCC1. The Hall–Kier alpha value is -3.71. The number of morpholine rings is 1. The van der Waals surface area contributed by atoms with Crippen LogP contribution in [0.15, 0.2) is 78.9 Å². The number of anilines is 1. The monoisotopic (exact) mass is 431 g/mol. The third kappa shape index (κ3) is 5.12. The fourth-order valence-electron chi connectivity index (χ4n) is 3.86. The van der Waals surface area contributed by atoms with Gasteiger partial charge in [-0.15, -0.1) is 0 Å². The first-order valence-corrected chi connectivity index (χ1v) is 10.6. The lowest BCUT2D eigenvalue weighted by atomic mass is 9.98. The number of rotatable bonds is 7. The largest absolute Gasteiger partial charge is 0.378 e. The summed E-state index contributed by atoms with van der Waals surface area (Å²) < 4.78 is 5.29. The molecule has 0 aromatic heterocycles. The zero-order chi connectivity index (χ0) is 22.3. The van der Waals surface area contributed by atoms with Crippen LogP contribution in [0, 0.1) is 10.1 Å². The summed E-state index contributed by atoms with van der Waals surface area (Å²) in [4.78, 5) is 25.9. The van der Waals surface area contributed by atoms with Crippen molar-refractivity contribution in [1.29, 1.82) is 0 Å². The fourth-order valence-corrected chi connectivity index (χ4v) is 3.86. The van der Waals surface area contributed by atoms with Crippen molar-refractivity contribution >= 4 is 17.3 Å². The number of nitrogens with zero attached hydrogens (tertiary/aromatic N) is 2. The molecule has 164 valence electrons. The molecule has 0 bridgehead atoms. The summed E-state index contributed by atoms with van der Waals surface area (Å²) in [7, 11) is 0. The molecular formula is C25H25N3O4. The minimum atomic E-state index is -0.441. The Morgan fingerprint density at radius 1 is 1.00 bits per heavy atom. The smallest absolute Gasteiger partial charge is 0.293 e. The first-order valence-electron chi connectivity index (χ1n) is 10.6. The maximum absolute atomic E-state index is 12.8. The molecule has 1 saturated heterocycles. The topological polar surface area (TPSA) is 84.7 Å². The number of carbonyl (C=O) groups is 1. The van der Waals surface area contributed by atoms with Gasteiger partial charge in [-0.2, -0.15) is 0 Å². The number of nitrogens with one attached hydrogen (secondary N) is 1. The second kappa shape index (κ2) is 10.1. The van der Waals surface area contributed by atoms with Crippen molar-refractivity contribution < 1.29 is 14.5 Å². The molecule has 0 spiro atoms. The molecule has 0 radical (unpaired) electrons. The summed E-state index contributed by atoms with van der Waals surface area (Å²) in [5.74, 6) is -0.216. The molecule has 1 heterocycles. The maximum Gasteiger partial charge on any atom is 0.293 e. The molecule has 0 aliphatic carbocycles. The van der Waals surface area contributed by atoms with Gasteiger partial charge in [0, 0.05) is 24.7 Å². The van der Waals surface area contributed by atoms with E-state index in [9.17, 15) is 14.9 Å². The van der Waals surface area contributed by atoms with Gasteiger partial charge in [0.1, 0.15) is 5.69 Å². The number of hydrogen-bond donors (Lipinski definition) is 1. The molecular weight excluding hydrogens is 406 g/mol. The van der Waals surface area contributed by atoms with Crippen LogP contribution in [-0.4, -0.2) is 42.0 Å².